The molecule has 0 bridgehead atoms. The number of benzene rings is 3. The second-order valence-electron chi connectivity index (χ2n) is 7.52. The van der Waals surface area contributed by atoms with Crippen LogP contribution in [-0.2, 0) is 16.1 Å². The molecule has 0 saturated carbocycles. The van der Waals surface area contributed by atoms with E-state index in [1.807, 2.05) is 0 Å². The highest BCUT2D eigenvalue weighted by Crippen LogP contribution is 2.34. The van der Waals surface area contributed by atoms with Gasteiger partial charge in [0.25, 0.3) is 5.91 Å². The van der Waals surface area contributed by atoms with E-state index in [0.29, 0.717) is 37.7 Å². The molecular formula is C26H20ClFN2O4S. The minimum atomic E-state index is -0.430. The summed E-state index contributed by atoms with van der Waals surface area (Å²) >= 11 is 7.61. The molecule has 0 aliphatic carbocycles. The van der Waals surface area contributed by atoms with Crippen LogP contribution in [0.3, 0.4) is 0 Å². The first-order valence-electron chi connectivity index (χ1n) is 10.5. The monoisotopic (exact) mass is 510 g/mol. The van der Waals surface area contributed by atoms with Crippen LogP contribution in [0.2, 0.25) is 5.02 Å². The number of carbonyl (C=O) groups is 2. The Labute approximate surface area is 211 Å². The summed E-state index contributed by atoms with van der Waals surface area (Å²) in [5.74, 6) is -0.495. The molecule has 0 unspecified atom stereocenters. The smallest absolute Gasteiger partial charge is 0.337 e. The zero-order chi connectivity index (χ0) is 24.9. The Kier molecular flexibility index (Phi) is 7.53. The molecule has 0 atom stereocenters. The van der Waals surface area contributed by atoms with Gasteiger partial charge in [0.15, 0.2) is 5.17 Å². The van der Waals surface area contributed by atoms with Gasteiger partial charge in [-0.3, -0.25) is 9.69 Å². The summed E-state index contributed by atoms with van der Waals surface area (Å²) in [4.78, 5) is 30.8. The molecule has 6 nitrogen and oxygen atoms in total. The molecule has 4 rings (SSSR count). The van der Waals surface area contributed by atoms with Crippen molar-refractivity contribution in [2.75, 3.05) is 14.2 Å². The first-order valence-corrected chi connectivity index (χ1v) is 11.6. The first-order chi connectivity index (χ1) is 16.8. The van der Waals surface area contributed by atoms with E-state index in [1.54, 1.807) is 67.7 Å². The first kappa shape index (κ1) is 24.5. The minimum absolute atomic E-state index is 0.178. The highest BCUT2D eigenvalue weighted by atomic mass is 35.5. The summed E-state index contributed by atoms with van der Waals surface area (Å²) in [5, 5.41) is 0.882. The fourth-order valence-electron chi connectivity index (χ4n) is 3.22. The molecule has 1 heterocycles. The van der Waals surface area contributed by atoms with Gasteiger partial charge in [-0.15, -0.1) is 0 Å². The molecule has 0 radical (unpaired) electrons. The van der Waals surface area contributed by atoms with Crippen LogP contribution in [0.25, 0.3) is 6.08 Å². The van der Waals surface area contributed by atoms with Gasteiger partial charge in [-0.2, -0.15) is 0 Å². The Morgan fingerprint density at radius 1 is 1.14 bits per heavy atom. The molecule has 0 spiro atoms. The van der Waals surface area contributed by atoms with Gasteiger partial charge in [0.05, 0.1) is 28.3 Å². The number of hydrogen-bond acceptors (Lipinski definition) is 6. The third-order valence-corrected chi connectivity index (χ3v) is 6.41. The Balaban J connectivity index is 1.47. The van der Waals surface area contributed by atoms with E-state index in [2.05, 4.69) is 4.99 Å². The van der Waals surface area contributed by atoms with Crippen molar-refractivity contribution in [2.24, 2.45) is 4.99 Å². The second-order valence-corrected chi connectivity index (χ2v) is 8.93. The van der Waals surface area contributed by atoms with Gasteiger partial charge in [-0.05, 0) is 77.5 Å². The number of amides is 1. The highest BCUT2D eigenvalue weighted by molar-refractivity contribution is 8.18. The van der Waals surface area contributed by atoms with Crippen molar-refractivity contribution >= 4 is 52.2 Å². The number of amidine groups is 1. The molecular weight excluding hydrogens is 491 g/mol. The number of nitrogens with zero attached hydrogens (tertiary/aromatic N) is 2. The van der Waals surface area contributed by atoms with Crippen molar-refractivity contribution in [3.8, 4) is 5.75 Å². The van der Waals surface area contributed by atoms with Crippen LogP contribution in [0.4, 0.5) is 10.1 Å². The number of methoxy groups -OCH3 is 1. The van der Waals surface area contributed by atoms with Gasteiger partial charge in [0.1, 0.15) is 18.2 Å². The number of hydrogen-bond donors (Lipinski definition) is 0. The Bertz CT molecular complexity index is 1340. The van der Waals surface area contributed by atoms with Crippen LogP contribution in [0, 0.1) is 5.82 Å². The van der Waals surface area contributed by atoms with E-state index in [0.717, 1.165) is 5.56 Å². The lowest BCUT2D eigenvalue weighted by Crippen LogP contribution is -2.23. The van der Waals surface area contributed by atoms with Gasteiger partial charge >= 0.3 is 5.97 Å². The standard InChI is InChI=1S/C26H20ClFN2O4S/c1-30-24(31)23(35-26(30)29-20-9-7-18(8-10-20)25(32)33-2)14-16-6-11-22(21(27)13-16)34-15-17-4-3-5-19(28)12-17/h3-14H,15H2,1-2H3/b23-14-,29-26?. The minimum Gasteiger partial charge on any atom is -0.487 e. The van der Waals surface area contributed by atoms with E-state index in [4.69, 9.17) is 21.1 Å². The lowest BCUT2D eigenvalue weighted by molar-refractivity contribution is -0.121. The van der Waals surface area contributed by atoms with Crippen molar-refractivity contribution in [3.63, 3.8) is 0 Å². The van der Waals surface area contributed by atoms with E-state index in [1.165, 1.54) is 35.9 Å². The molecule has 9 heteroatoms. The maximum absolute atomic E-state index is 13.3. The van der Waals surface area contributed by atoms with Gasteiger partial charge < -0.3 is 9.47 Å². The largest absolute Gasteiger partial charge is 0.487 e. The number of ether oxygens (including phenoxy) is 2. The molecule has 1 amide bonds. The van der Waals surface area contributed by atoms with Crippen LogP contribution in [-0.4, -0.2) is 36.1 Å². The highest BCUT2D eigenvalue weighted by Gasteiger charge is 2.30. The molecule has 35 heavy (non-hydrogen) atoms. The molecule has 1 fully saturated rings. The quantitative estimate of drug-likeness (QED) is 0.297. The maximum Gasteiger partial charge on any atom is 0.337 e. The number of rotatable bonds is 6. The van der Waals surface area contributed by atoms with E-state index < -0.39 is 5.97 Å². The zero-order valence-corrected chi connectivity index (χ0v) is 20.4. The second kappa shape index (κ2) is 10.8. The van der Waals surface area contributed by atoms with Gasteiger partial charge in [0, 0.05) is 7.05 Å². The SMILES string of the molecule is COC(=O)c1ccc(N=C2S/C(=C\c3ccc(OCc4cccc(F)c4)c(Cl)c3)C(=O)N2C)cc1. The van der Waals surface area contributed by atoms with Crippen LogP contribution in [0.1, 0.15) is 21.5 Å². The number of halogens is 2. The maximum atomic E-state index is 13.3. The van der Waals surface area contributed by atoms with Gasteiger partial charge in [-0.25, -0.2) is 14.2 Å². The molecule has 1 aliphatic heterocycles. The number of carbonyl (C=O) groups excluding carboxylic acids is 2. The van der Waals surface area contributed by atoms with Crippen molar-refractivity contribution < 1.29 is 23.5 Å². The Morgan fingerprint density at radius 2 is 1.91 bits per heavy atom. The molecule has 178 valence electrons. The number of thioether (sulfide) groups is 1. The number of esters is 1. The molecule has 3 aromatic rings. The van der Waals surface area contributed by atoms with Crippen LogP contribution >= 0.6 is 23.4 Å². The summed E-state index contributed by atoms with van der Waals surface area (Å²) in [5.41, 5.74) is 2.43. The summed E-state index contributed by atoms with van der Waals surface area (Å²) in [6.07, 6.45) is 1.73. The van der Waals surface area contributed by atoms with Crippen LogP contribution in [0.15, 0.2) is 76.6 Å². The predicted molar refractivity (Wildman–Crippen MR) is 135 cm³/mol. The van der Waals surface area contributed by atoms with Crippen molar-refractivity contribution in [1.82, 2.24) is 4.90 Å². The molecule has 0 aromatic heterocycles. The Hall–Kier alpha value is -3.62. The third kappa shape index (κ3) is 5.90. The zero-order valence-electron chi connectivity index (χ0n) is 18.8. The molecule has 1 aliphatic rings. The fourth-order valence-corrected chi connectivity index (χ4v) is 4.45. The molecule has 0 N–H and O–H groups in total. The average Bonchev–Trinajstić information content (AvgIpc) is 3.11. The summed E-state index contributed by atoms with van der Waals surface area (Å²) in [7, 11) is 2.97. The number of aliphatic imine (C=N–C) groups is 1. The summed E-state index contributed by atoms with van der Waals surface area (Å²) in [6, 6.07) is 17.9. The lowest BCUT2D eigenvalue weighted by Gasteiger charge is -2.09. The average molecular weight is 511 g/mol. The van der Waals surface area contributed by atoms with Crippen molar-refractivity contribution in [3.05, 3.63) is 99.2 Å². The normalized spacial score (nSPS) is 15.7. The van der Waals surface area contributed by atoms with E-state index in [-0.39, 0.29) is 18.3 Å². The van der Waals surface area contributed by atoms with Crippen molar-refractivity contribution in [2.45, 2.75) is 6.61 Å². The predicted octanol–water partition coefficient (Wildman–Crippen LogP) is 6.08. The lowest BCUT2D eigenvalue weighted by atomic mass is 10.2. The van der Waals surface area contributed by atoms with Gasteiger partial charge in [-0.1, -0.05) is 29.8 Å². The van der Waals surface area contributed by atoms with Gasteiger partial charge in [0.2, 0.25) is 0 Å². The van der Waals surface area contributed by atoms with Crippen molar-refractivity contribution in [1.29, 1.82) is 0 Å². The fraction of sp³-hybridized carbons (Fsp3) is 0.115. The van der Waals surface area contributed by atoms with E-state index in [9.17, 15) is 14.0 Å². The summed E-state index contributed by atoms with van der Waals surface area (Å²) in [6.45, 7) is 0.178. The third-order valence-electron chi connectivity index (χ3n) is 5.05. The molecule has 3 aromatic carbocycles. The number of likely N-dealkylation sites (N-methyl/N-ethyl adjacent to an activating group) is 1. The molecule has 1 saturated heterocycles. The van der Waals surface area contributed by atoms with E-state index >= 15 is 0 Å². The van der Waals surface area contributed by atoms with Crippen LogP contribution in [0.5, 0.6) is 5.75 Å². The summed E-state index contributed by atoms with van der Waals surface area (Å²) < 4.78 is 23.7. The topological polar surface area (TPSA) is 68.2 Å². The van der Waals surface area contributed by atoms with Crippen LogP contribution < -0.4 is 4.74 Å². The Morgan fingerprint density at radius 3 is 2.60 bits per heavy atom.